The number of nitrogens with zero attached hydrogens (tertiary/aromatic N) is 4. The van der Waals surface area contributed by atoms with Crippen LogP contribution in [-0.4, -0.2) is 53.9 Å². The first-order valence-corrected chi connectivity index (χ1v) is 10.0. The van der Waals surface area contributed by atoms with Crippen molar-refractivity contribution in [3.63, 3.8) is 0 Å². The van der Waals surface area contributed by atoms with Crippen molar-refractivity contribution in [3.8, 4) is 0 Å². The number of halogens is 1. The molecule has 1 atom stereocenters. The first kappa shape index (κ1) is 23.7. The fourth-order valence-corrected chi connectivity index (χ4v) is 3.47. The van der Waals surface area contributed by atoms with Gasteiger partial charge in [0.25, 0.3) is 0 Å². The number of rotatable bonds is 4. The summed E-state index contributed by atoms with van der Waals surface area (Å²) in [5, 5.41) is 7.77. The highest BCUT2D eigenvalue weighted by molar-refractivity contribution is 14.0. The molecule has 1 aliphatic heterocycles. The predicted octanol–water partition coefficient (Wildman–Crippen LogP) is 3.53. The van der Waals surface area contributed by atoms with E-state index in [1.165, 1.54) is 11.1 Å². The van der Waals surface area contributed by atoms with Gasteiger partial charge in [0.05, 0.1) is 19.3 Å². The minimum atomic E-state index is 0. The van der Waals surface area contributed by atoms with Crippen molar-refractivity contribution in [1.29, 1.82) is 0 Å². The average molecular weight is 511 g/mol. The Morgan fingerprint density at radius 1 is 1.28 bits per heavy atom. The monoisotopic (exact) mass is 511 g/mol. The molecule has 6 nitrogen and oxygen atoms in total. The van der Waals surface area contributed by atoms with Gasteiger partial charge >= 0.3 is 0 Å². The number of ether oxygens (including phenoxy) is 1. The molecule has 2 heterocycles. The van der Waals surface area contributed by atoms with Crippen LogP contribution in [0.5, 0.6) is 0 Å². The summed E-state index contributed by atoms with van der Waals surface area (Å²) in [5.74, 6) is 0.934. The zero-order valence-electron chi connectivity index (χ0n) is 18.2. The van der Waals surface area contributed by atoms with E-state index in [-0.39, 0.29) is 35.5 Å². The second-order valence-electron chi connectivity index (χ2n) is 8.42. The summed E-state index contributed by atoms with van der Waals surface area (Å²) in [4.78, 5) is 6.75. The number of aliphatic imine (C=N–C) groups is 1. The van der Waals surface area contributed by atoms with Gasteiger partial charge < -0.3 is 15.0 Å². The minimum Gasteiger partial charge on any atom is -0.370 e. The Morgan fingerprint density at radius 3 is 2.59 bits per heavy atom. The summed E-state index contributed by atoms with van der Waals surface area (Å²) in [6.07, 6.45) is 4.91. The number of morpholine rings is 1. The maximum Gasteiger partial charge on any atom is 0.193 e. The van der Waals surface area contributed by atoms with Gasteiger partial charge in [0.1, 0.15) is 6.10 Å². The molecule has 1 aliphatic rings. The van der Waals surface area contributed by atoms with Crippen LogP contribution in [0.15, 0.2) is 41.7 Å². The largest absolute Gasteiger partial charge is 0.370 e. The highest BCUT2D eigenvalue weighted by atomic mass is 127. The van der Waals surface area contributed by atoms with Crippen LogP contribution in [0.3, 0.4) is 0 Å². The third kappa shape index (κ3) is 6.44. The molecule has 2 aromatic rings. The Bertz CT molecular complexity index is 794. The van der Waals surface area contributed by atoms with E-state index >= 15 is 0 Å². The number of aryl methyl sites for hydroxylation is 1. The maximum absolute atomic E-state index is 5.94. The van der Waals surface area contributed by atoms with E-state index < -0.39 is 0 Å². The van der Waals surface area contributed by atoms with Crippen LogP contribution in [-0.2, 0) is 23.6 Å². The highest BCUT2D eigenvalue weighted by Crippen LogP contribution is 2.23. The van der Waals surface area contributed by atoms with Crippen LogP contribution in [0.25, 0.3) is 0 Å². The molecule has 1 saturated heterocycles. The van der Waals surface area contributed by atoms with Gasteiger partial charge in [-0.3, -0.25) is 9.67 Å². The molecule has 0 spiro atoms. The number of nitrogens with one attached hydrogen (secondary N) is 1. The normalized spacial score (nSPS) is 17.8. The lowest BCUT2D eigenvalue weighted by Crippen LogP contribution is -2.48. The molecule has 1 fully saturated rings. The van der Waals surface area contributed by atoms with Crippen LogP contribution in [0.2, 0.25) is 0 Å². The number of aromatic nitrogens is 2. The topological polar surface area (TPSA) is 54.7 Å². The van der Waals surface area contributed by atoms with Gasteiger partial charge in [-0.2, -0.15) is 5.10 Å². The quantitative estimate of drug-likeness (QED) is 0.388. The van der Waals surface area contributed by atoms with E-state index in [0.717, 1.165) is 37.6 Å². The van der Waals surface area contributed by atoms with E-state index in [4.69, 9.17) is 4.74 Å². The molecule has 0 saturated carbocycles. The number of hydrogen-bond donors (Lipinski definition) is 1. The van der Waals surface area contributed by atoms with Crippen LogP contribution >= 0.6 is 24.0 Å². The van der Waals surface area contributed by atoms with Crippen molar-refractivity contribution in [2.75, 3.05) is 33.3 Å². The van der Waals surface area contributed by atoms with Gasteiger partial charge in [0.15, 0.2) is 5.96 Å². The highest BCUT2D eigenvalue weighted by Gasteiger charge is 2.25. The molecular formula is C22H34IN5O. The van der Waals surface area contributed by atoms with Gasteiger partial charge in [-0.1, -0.05) is 45.0 Å². The Kier molecular flexibility index (Phi) is 8.51. The fraction of sp³-hybridized carbons (Fsp3) is 0.545. The van der Waals surface area contributed by atoms with Crippen molar-refractivity contribution in [2.45, 2.75) is 38.7 Å². The van der Waals surface area contributed by atoms with Gasteiger partial charge in [-0.25, -0.2) is 0 Å². The van der Waals surface area contributed by atoms with Gasteiger partial charge in [0, 0.05) is 38.9 Å². The van der Waals surface area contributed by atoms with Crippen LogP contribution in [0.4, 0.5) is 0 Å². The average Bonchev–Trinajstić information content (AvgIpc) is 3.11. The summed E-state index contributed by atoms with van der Waals surface area (Å²) in [5.41, 5.74) is 4.02. The van der Waals surface area contributed by atoms with E-state index in [0.29, 0.717) is 6.61 Å². The summed E-state index contributed by atoms with van der Waals surface area (Å²) in [6, 6.07) is 8.95. The Labute approximate surface area is 191 Å². The molecule has 1 unspecified atom stereocenters. The van der Waals surface area contributed by atoms with E-state index in [1.54, 1.807) is 0 Å². The fourth-order valence-electron chi connectivity index (χ4n) is 3.47. The third-order valence-electron chi connectivity index (χ3n) is 5.19. The number of hydrogen-bond acceptors (Lipinski definition) is 3. The molecular weight excluding hydrogens is 477 g/mol. The minimum absolute atomic E-state index is 0. The first-order chi connectivity index (χ1) is 13.4. The molecule has 0 aliphatic carbocycles. The van der Waals surface area contributed by atoms with Crippen molar-refractivity contribution >= 4 is 29.9 Å². The van der Waals surface area contributed by atoms with Gasteiger partial charge in [-0.15, -0.1) is 24.0 Å². The second kappa shape index (κ2) is 10.4. The van der Waals surface area contributed by atoms with Gasteiger partial charge in [-0.05, 0) is 23.0 Å². The first-order valence-electron chi connectivity index (χ1n) is 10.0. The van der Waals surface area contributed by atoms with Gasteiger partial charge in [0.2, 0.25) is 0 Å². The predicted molar refractivity (Wildman–Crippen MR) is 129 cm³/mol. The maximum atomic E-state index is 5.94. The number of benzene rings is 1. The summed E-state index contributed by atoms with van der Waals surface area (Å²) in [7, 11) is 3.77. The lowest BCUT2D eigenvalue weighted by Gasteiger charge is -2.34. The Balaban J connectivity index is 0.00000300. The number of guanidine groups is 1. The van der Waals surface area contributed by atoms with Crippen molar-refractivity contribution in [1.82, 2.24) is 20.0 Å². The smallest absolute Gasteiger partial charge is 0.193 e. The summed E-state index contributed by atoms with van der Waals surface area (Å²) >= 11 is 0. The lowest BCUT2D eigenvalue weighted by molar-refractivity contribution is -0.00800. The molecule has 1 aromatic carbocycles. The SMILES string of the molecule is CN=C(NCCc1ccc(C(C)(C)C)cc1)N1CCOC(c2cnn(C)c2)C1.I. The Hall–Kier alpha value is -1.61. The summed E-state index contributed by atoms with van der Waals surface area (Å²) in [6.45, 7) is 9.91. The van der Waals surface area contributed by atoms with Crippen LogP contribution < -0.4 is 5.32 Å². The van der Waals surface area contributed by atoms with Crippen molar-refractivity contribution < 1.29 is 4.74 Å². The van der Waals surface area contributed by atoms with Crippen molar-refractivity contribution in [3.05, 3.63) is 53.3 Å². The van der Waals surface area contributed by atoms with Crippen molar-refractivity contribution in [2.24, 2.45) is 12.0 Å². The zero-order valence-corrected chi connectivity index (χ0v) is 20.5. The molecule has 1 N–H and O–H groups in total. The molecule has 0 radical (unpaired) electrons. The standard InChI is InChI=1S/C22H33N5O.HI/c1-22(2,3)19-8-6-17(7-9-19)10-11-24-21(23-4)27-12-13-28-20(16-27)18-14-25-26(5)15-18;/h6-9,14-15,20H,10-13,16H2,1-5H3,(H,23,24);1H. The Morgan fingerprint density at radius 2 is 2.00 bits per heavy atom. The van der Waals surface area contributed by atoms with Crippen LogP contribution in [0.1, 0.15) is 43.6 Å². The molecule has 0 amide bonds. The third-order valence-corrected chi connectivity index (χ3v) is 5.19. The molecule has 7 heteroatoms. The molecule has 160 valence electrons. The van der Waals surface area contributed by atoms with E-state index in [2.05, 4.69) is 65.3 Å². The summed E-state index contributed by atoms with van der Waals surface area (Å²) < 4.78 is 7.75. The molecule has 0 bridgehead atoms. The molecule has 3 rings (SSSR count). The zero-order chi connectivity index (χ0) is 20.1. The van der Waals surface area contributed by atoms with E-state index in [1.807, 2.05) is 31.2 Å². The van der Waals surface area contributed by atoms with Crippen LogP contribution in [0, 0.1) is 0 Å². The lowest BCUT2D eigenvalue weighted by atomic mass is 9.86. The molecule has 1 aromatic heterocycles. The van der Waals surface area contributed by atoms with E-state index in [9.17, 15) is 0 Å². The molecule has 29 heavy (non-hydrogen) atoms. The second-order valence-corrected chi connectivity index (χ2v) is 8.42.